The van der Waals surface area contributed by atoms with Crippen molar-refractivity contribution in [2.24, 2.45) is 5.73 Å². The maximum Gasteiger partial charge on any atom is 0.407 e. The highest BCUT2D eigenvalue weighted by Crippen LogP contribution is 2.24. The number of hydrogen-bond acceptors (Lipinski definition) is 7. The summed E-state index contributed by atoms with van der Waals surface area (Å²) in [5.41, 5.74) is 12.5. The Hall–Kier alpha value is -2.10. The van der Waals surface area contributed by atoms with Crippen molar-refractivity contribution in [1.29, 1.82) is 0 Å². The molecule has 0 saturated heterocycles. The van der Waals surface area contributed by atoms with Crippen molar-refractivity contribution in [3.8, 4) is 0 Å². The van der Waals surface area contributed by atoms with E-state index in [1.54, 1.807) is 32.9 Å². The molecule has 0 aliphatic carbocycles. The van der Waals surface area contributed by atoms with Gasteiger partial charge in [-0.15, -0.1) is 11.3 Å². The summed E-state index contributed by atoms with van der Waals surface area (Å²) in [4.78, 5) is 31.2. The van der Waals surface area contributed by atoms with Crippen LogP contribution in [0.5, 0.6) is 0 Å². The molecule has 1 atom stereocenters. The zero-order chi connectivity index (χ0) is 22.0. The standard InChI is InChI=1S/C20H34N4O4S/c1-6-9-24(27-10-8-23-19(26)28-20(3,4)5)18(25)15(12-14(2)21)13-17-16(22)7-11-29-17/h7,11,13-14H,6,8-10,12,21-22H2,1-5H3,(H,23,26)/b15-13+. The summed E-state index contributed by atoms with van der Waals surface area (Å²) in [5.74, 6) is -0.255. The minimum atomic E-state index is -0.572. The number of alkyl carbamates (subject to hydrolysis) is 1. The number of hydroxylamine groups is 2. The molecule has 5 N–H and O–H groups in total. The third-order valence-corrected chi connectivity index (χ3v) is 4.40. The van der Waals surface area contributed by atoms with Crippen molar-refractivity contribution in [3.05, 3.63) is 21.9 Å². The van der Waals surface area contributed by atoms with E-state index < -0.39 is 11.7 Å². The second-order valence-corrected chi connectivity index (χ2v) is 8.71. The Morgan fingerprint density at radius 2 is 2.07 bits per heavy atom. The largest absolute Gasteiger partial charge is 0.444 e. The average Bonchev–Trinajstić information content (AvgIpc) is 2.99. The van der Waals surface area contributed by atoms with Gasteiger partial charge < -0.3 is 21.5 Å². The van der Waals surface area contributed by atoms with Crippen molar-refractivity contribution in [3.63, 3.8) is 0 Å². The van der Waals surface area contributed by atoms with E-state index in [1.165, 1.54) is 16.4 Å². The van der Waals surface area contributed by atoms with E-state index in [-0.39, 0.29) is 25.1 Å². The number of nitrogen functional groups attached to an aromatic ring is 1. The molecule has 0 spiro atoms. The highest BCUT2D eigenvalue weighted by atomic mass is 32.1. The number of nitrogens with zero attached hydrogens (tertiary/aromatic N) is 1. The molecule has 1 aromatic heterocycles. The molecule has 1 rings (SSSR count). The summed E-state index contributed by atoms with van der Waals surface area (Å²) in [6, 6.07) is 1.61. The maximum atomic E-state index is 13.1. The monoisotopic (exact) mass is 426 g/mol. The quantitative estimate of drug-likeness (QED) is 0.300. The van der Waals surface area contributed by atoms with Crippen LogP contribution >= 0.6 is 11.3 Å². The molecule has 8 nitrogen and oxygen atoms in total. The Kier molecular flexibility index (Phi) is 10.1. The molecule has 0 radical (unpaired) electrons. The van der Waals surface area contributed by atoms with Gasteiger partial charge in [0.2, 0.25) is 0 Å². The lowest BCUT2D eigenvalue weighted by molar-refractivity contribution is -0.181. The third-order valence-electron chi connectivity index (χ3n) is 3.52. The van der Waals surface area contributed by atoms with Crippen LogP contribution in [0.25, 0.3) is 6.08 Å². The summed E-state index contributed by atoms with van der Waals surface area (Å²) in [6.07, 6.45) is 2.37. The van der Waals surface area contributed by atoms with E-state index in [4.69, 9.17) is 21.0 Å². The van der Waals surface area contributed by atoms with Crippen LogP contribution in [-0.2, 0) is 14.4 Å². The van der Waals surface area contributed by atoms with Crippen LogP contribution in [0.15, 0.2) is 17.0 Å². The van der Waals surface area contributed by atoms with Crippen LogP contribution in [0.2, 0.25) is 0 Å². The molecule has 1 aromatic rings. The smallest absolute Gasteiger partial charge is 0.407 e. The molecule has 0 saturated carbocycles. The number of hydrogen-bond donors (Lipinski definition) is 3. The van der Waals surface area contributed by atoms with Crippen molar-refractivity contribution in [1.82, 2.24) is 10.4 Å². The molecule has 1 unspecified atom stereocenters. The van der Waals surface area contributed by atoms with Crippen molar-refractivity contribution in [2.75, 3.05) is 25.4 Å². The summed E-state index contributed by atoms with van der Waals surface area (Å²) >= 11 is 1.46. The molecular weight excluding hydrogens is 392 g/mol. The molecule has 0 aliphatic heterocycles. The highest BCUT2D eigenvalue weighted by Gasteiger charge is 2.21. The number of rotatable bonds is 10. The first-order chi connectivity index (χ1) is 13.5. The molecule has 29 heavy (non-hydrogen) atoms. The summed E-state index contributed by atoms with van der Waals surface area (Å²) in [5, 5.41) is 5.79. The number of ether oxygens (including phenoxy) is 1. The van der Waals surface area contributed by atoms with Gasteiger partial charge in [-0.25, -0.2) is 9.86 Å². The molecule has 0 fully saturated rings. The summed E-state index contributed by atoms with van der Waals surface area (Å²) in [7, 11) is 0. The fourth-order valence-corrected chi connectivity index (χ4v) is 3.15. The molecule has 0 bridgehead atoms. The van der Waals surface area contributed by atoms with Crippen LogP contribution in [0.4, 0.5) is 10.5 Å². The second kappa shape index (κ2) is 11.8. The summed E-state index contributed by atoms with van der Waals surface area (Å²) in [6.45, 7) is 9.93. The van der Waals surface area contributed by atoms with Crippen LogP contribution in [0, 0.1) is 0 Å². The van der Waals surface area contributed by atoms with Gasteiger partial charge in [0.1, 0.15) is 5.60 Å². The molecule has 0 aliphatic rings. The minimum absolute atomic E-state index is 0.136. The fourth-order valence-electron chi connectivity index (χ4n) is 2.37. The maximum absolute atomic E-state index is 13.1. The molecule has 0 aromatic carbocycles. The van der Waals surface area contributed by atoms with Gasteiger partial charge in [0.05, 0.1) is 11.5 Å². The second-order valence-electron chi connectivity index (χ2n) is 7.76. The Bertz CT molecular complexity index is 695. The topological polar surface area (TPSA) is 120 Å². The highest BCUT2D eigenvalue weighted by molar-refractivity contribution is 7.11. The summed E-state index contributed by atoms with van der Waals surface area (Å²) < 4.78 is 5.17. The van der Waals surface area contributed by atoms with E-state index in [2.05, 4.69) is 5.32 Å². The van der Waals surface area contributed by atoms with Gasteiger partial charge in [-0.3, -0.25) is 9.63 Å². The van der Waals surface area contributed by atoms with Crippen molar-refractivity contribution >= 4 is 35.1 Å². The molecule has 9 heteroatoms. The normalized spacial score (nSPS) is 13.1. The zero-order valence-electron chi connectivity index (χ0n) is 18.0. The zero-order valence-corrected chi connectivity index (χ0v) is 18.8. The molecular formula is C20H34N4O4S. The average molecular weight is 427 g/mol. The Labute approximate surface area is 177 Å². The molecule has 2 amide bonds. The predicted molar refractivity (Wildman–Crippen MR) is 117 cm³/mol. The van der Waals surface area contributed by atoms with Crippen molar-refractivity contribution < 1.29 is 19.2 Å². The Morgan fingerprint density at radius 1 is 1.38 bits per heavy atom. The lowest BCUT2D eigenvalue weighted by Gasteiger charge is -2.24. The van der Waals surface area contributed by atoms with Crippen LogP contribution in [0.1, 0.15) is 52.3 Å². The van der Waals surface area contributed by atoms with Gasteiger partial charge in [-0.2, -0.15) is 0 Å². The van der Waals surface area contributed by atoms with Gasteiger partial charge in [-0.1, -0.05) is 6.92 Å². The van der Waals surface area contributed by atoms with E-state index in [1.807, 2.05) is 19.2 Å². The van der Waals surface area contributed by atoms with Gasteiger partial charge in [0.15, 0.2) is 0 Å². The Balaban J connectivity index is 2.76. The molecule has 164 valence electrons. The molecule has 1 heterocycles. The van der Waals surface area contributed by atoms with Crippen molar-refractivity contribution in [2.45, 2.75) is 59.1 Å². The minimum Gasteiger partial charge on any atom is -0.444 e. The fraction of sp³-hybridized carbons (Fsp3) is 0.600. The van der Waals surface area contributed by atoms with Gasteiger partial charge >= 0.3 is 6.09 Å². The number of thiophene rings is 1. The number of carbonyl (C=O) groups excluding carboxylic acids is 2. The van der Waals surface area contributed by atoms with E-state index in [0.29, 0.717) is 24.2 Å². The van der Waals surface area contributed by atoms with Crippen LogP contribution in [-0.4, -0.2) is 48.4 Å². The lowest BCUT2D eigenvalue weighted by atomic mass is 10.1. The number of amides is 2. The number of anilines is 1. The van der Waals surface area contributed by atoms with E-state index >= 15 is 0 Å². The van der Waals surface area contributed by atoms with E-state index in [9.17, 15) is 9.59 Å². The van der Waals surface area contributed by atoms with Crippen LogP contribution in [0.3, 0.4) is 0 Å². The van der Waals surface area contributed by atoms with E-state index in [0.717, 1.165) is 11.3 Å². The number of nitrogens with one attached hydrogen (secondary N) is 1. The third kappa shape index (κ3) is 9.78. The SMILES string of the molecule is CCCN(OCCNC(=O)OC(C)(C)C)C(=O)/C(=C/c1sccc1N)CC(C)N. The number of carbonyl (C=O) groups is 2. The first-order valence-corrected chi connectivity index (χ1v) is 10.6. The van der Waals surface area contributed by atoms with Gasteiger partial charge in [-0.05, 0) is 58.1 Å². The number of nitrogens with two attached hydrogens (primary N) is 2. The van der Waals surface area contributed by atoms with Gasteiger partial charge in [0, 0.05) is 30.4 Å². The predicted octanol–water partition coefficient (Wildman–Crippen LogP) is 3.15. The first-order valence-electron chi connectivity index (χ1n) is 9.74. The van der Waals surface area contributed by atoms with Crippen LogP contribution < -0.4 is 16.8 Å². The first kappa shape index (κ1) is 24.9. The van der Waals surface area contributed by atoms with Gasteiger partial charge in [0.25, 0.3) is 5.91 Å². The lowest BCUT2D eigenvalue weighted by Crippen LogP contribution is -2.38. The Morgan fingerprint density at radius 3 is 2.59 bits per heavy atom.